The number of aliphatic hydroxyl groups excluding tert-OH is 1. The number of fused-ring (bicyclic) bond motifs is 2. The van der Waals surface area contributed by atoms with Crippen molar-refractivity contribution in [2.75, 3.05) is 51.8 Å². The van der Waals surface area contributed by atoms with Crippen molar-refractivity contribution in [2.45, 2.75) is 52.1 Å². The number of rotatable bonds is 6. The number of quaternary nitrogens is 1. The second-order valence-electron chi connectivity index (χ2n) is 10.1. The molecule has 1 saturated carbocycles. The van der Waals surface area contributed by atoms with Crippen molar-refractivity contribution in [3.8, 4) is 0 Å². The van der Waals surface area contributed by atoms with E-state index in [1.165, 1.54) is 9.78 Å². The summed E-state index contributed by atoms with van der Waals surface area (Å²) in [4.78, 5) is 20.6. The molecule has 2 heterocycles. The number of nitrogens with zero attached hydrogens (tertiary/aromatic N) is 1. The van der Waals surface area contributed by atoms with Crippen LogP contribution in [0.2, 0.25) is 0 Å². The second kappa shape index (κ2) is 9.33. The Hall–Kier alpha value is -1.22. The molecule has 1 aliphatic heterocycles. The number of aliphatic hydroxyl groups is 1. The van der Waals surface area contributed by atoms with E-state index in [2.05, 4.69) is 24.5 Å². The maximum absolute atomic E-state index is 12.9. The number of anilines is 1. The van der Waals surface area contributed by atoms with Gasteiger partial charge in [0.15, 0.2) is 5.13 Å². The number of ether oxygens (including phenoxy) is 1. The Morgan fingerprint density at radius 2 is 2.16 bits per heavy atom. The van der Waals surface area contributed by atoms with Gasteiger partial charge in [0.1, 0.15) is 13.1 Å². The van der Waals surface area contributed by atoms with Crippen LogP contribution in [0.1, 0.15) is 50.1 Å². The van der Waals surface area contributed by atoms with Crippen molar-refractivity contribution in [3.05, 3.63) is 10.6 Å². The van der Waals surface area contributed by atoms with Crippen LogP contribution in [0.15, 0.2) is 0 Å². The van der Waals surface area contributed by atoms with E-state index < -0.39 is 6.10 Å². The highest BCUT2D eigenvalue weighted by molar-refractivity contribution is 7.15. The monoisotopic (exact) mass is 451 g/mol. The molecule has 1 amide bonds. The van der Waals surface area contributed by atoms with Crippen LogP contribution in [0.5, 0.6) is 0 Å². The van der Waals surface area contributed by atoms with Gasteiger partial charge in [-0.05, 0) is 36.5 Å². The molecule has 2 fully saturated rings. The smallest absolute Gasteiger partial charge is 0.223 e. The lowest BCUT2D eigenvalue weighted by Crippen LogP contribution is -3.14. The van der Waals surface area contributed by atoms with E-state index in [-0.39, 0.29) is 35.0 Å². The normalized spacial score (nSPS) is 34.5. The minimum absolute atomic E-state index is 0.000199. The minimum Gasteiger partial charge on any atom is -0.392 e. The molecule has 0 bridgehead atoms. The zero-order valence-electron chi connectivity index (χ0n) is 19.4. The van der Waals surface area contributed by atoms with Crippen LogP contribution < -0.4 is 15.5 Å². The highest BCUT2D eigenvalue weighted by Gasteiger charge is 2.53. The van der Waals surface area contributed by atoms with Gasteiger partial charge in [0.2, 0.25) is 5.91 Å². The Balaban J connectivity index is 1.39. The first kappa shape index (κ1) is 23.0. The van der Waals surface area contributed by atoms with Crippen LogP contribution in [-0.2, 0) is 16.0 Å². The third kappa shape index (κ3) is 4.49. The lowest BCUT2D eigenvalue weighted by molar-refractivity contribution is -0.906. The van der Waals surface area contributed by atoms with Crippen LogP contribution in [0, 0.1) is 23.2 Å². The third-order valence-electron chi connectivity index (χ3n) is 8.17. The summed E-state index contributed by atoms with van der Waals surface area (Å²) < 4.78 is 5.40. The van der Waals surface area contributed by atoms with Crippen molar-refractivity contribution in [2.24, 2.45) is 23.2 Å². The fourth-order valence-electron chi connectivity index (χ4n) is 6.28. The SMILES string of the molecule is CNc1nc2c(s1)C[C@]1(C)CC[C@H]([C@H](C)C(=O)NCC[NH+]3CCOCC3)[C@H](O)[C@H]1[C@@H]2C. The van der Waals surface area contributed by atoms with Gasteiger partial charge in [0.05, 0.1) is 38.1 Å². The Morgan fingerprint density at radius 1 is 1.42 bits per heavy atom. The molecule has 8 heteroatoms. The molecule has 2 aliphatic carbocycles. The molecule has 4 rings (SSSR count). The summed E-state index contributed by atoms with van der Waals surface area (Å²) >= 11 is 1.75. The summed E-state index contributed by atoms with van der Waals surface area (Å²) in [6.07, 6.45) is 2.44. The average molecular weight is 452 g/mol. The molecular formula is C23H39N4O3S+. The van der Waals surface area contributed by atoms with Crippen molar-refractivity contribution in [1.29, 1.82) is 0 Å². The fourth-order valence-corrected chi connectivity index (χ4v) is 7.50. The maximum Gasteiger partial charge on any atom is 0.223 e. The lowest BCUT2D eigenvalue weighted by atomic mass is 9.53. The zero-order valence-corrected chi connectivity index (χ0v) is 20.2. The van der Waals surface area contributed by atoms with E-state index in [1.807, 2.05) is 14.0 Å². The largest absolute Gasteiger partial charge is 0.392 e. The number of amides is 1. The molecule has 3 aliphatic rings. The van der Waals surface area contributed by atoms with Gasteiger partial charge >= 0.3 is 0 Å². The van der Waals surface area contributed by atoms with Gasteiger partial charge in [0, 0.05) is 23.8 Å². The Labute approximate surface area is 190 Å². The van der Waals surface area contributed by atoms with E-state index in [0.29, 0.717) is 6.54 Å². The van der Waals surface area contributed by atoms with Gasteiger partial charge < -0.3 is 25.4 Å². The number of carbonyl (C=O) groups is 1. The van der Waals surface area contributed by atoms with Gasteiger partial charge in [-0.2, -0.15) is 0 Å². The number of morpholine rings is 1. The van der Waals surface area contributed by atoms with E-state index in [9.17, 15) is 9.90 Å². The molecule has 1 aromatic heterocycles. The Morgan fingerprint density at radius 3 is 2.87 bits per heavy atom. The van der Waals surface area contributed by atoms with Crippen LogP contribution in [0.4, 0.5) is 5.13 Å². The van der Waals surface area contributed by atoms with Gasteiger partial charge in [-0.25, -0.2) is 4.98 Å². The first-order chi connectivity index (χ1) is 14.8. The lowest BCUT2D eigenvalue weighted by Gasteiger charge is -2.53. The van der Waals surface area contributed by atoms with E-state index in [4.69, 9.17) is 9.72 Å². The molecule has 0 spiro atoms. The highest BCUT2D eigenvalue weighted by atomic mass is 32.1. The van der Waals surface area contributed by atoms with Gasteiger partial charge in [0.25, 0.3) is 0 Å². The molecule has 0 unspecified atom stereocenters. The predicted octanol–water partition coefficient (Wildman–Crippen LogP) is 0.905. The van der Waals surface area contributed by atoms with Gasteiger partial charge in [-0.3, -0.25) is 4.79 Å². The first-order valence-corrected chi connectivity index (χ1v) is 12.7. The van der Waals surface area contributed by atoms with Crippen molar-refractivity contribution in [1.82, 2.24) is 10.3 Å². The number of carbonyl (C=O) groups excluding carboxylic acids is 1. The van der Waals surface area contributed by atoms with E-state index in [0.717, 1.165) is 62.9 Å². The van der Waals surface area contributed by atoms with Crippen LogP contribution in [-0.4, -0.2) is 68.5 Å². The average Bonchev–Trinajstić information content (AvgIpc) is 3.17. The number of thiazole rings is 1. The van der Waals surface area contributed by atoms with E-state index >= 15 is 0 Å². The molecular weight excluding hydrogens is 412 g/mol. The summed E-state index contributed by atoms with van der Waals surface area (Å²) in [5.41, 5.74) is 1.21. The maximum atomic E-state index is 12.9. The number of aromatic nitrogens is 1. The van der Waals surface area contributed by atoms with E-state index in [1.54, 1.807) is 11.3 Å². The Kier molecular flexibility index (Phi) is 6.91. The standard InChI is InChI=1S/C23H38N4O3S/c1-14(21(29)25-7-8-27-9-11-30-12-10-27)16-5-6-23(3)13-17-19(26-22(24-4)31-17)15(2)18(23)20(16)28/h14-16,18,20,28H,5-13H2,1-4H3,(H,24,26)(H,25,29)/p+1/t14-,15-,16+,18+,20-,23-/m0/s1. The molecule has 4 N–H and O–H groups in total. The molecule has 0 aromatic carbocycles. The molecule has 174 valence electrons. The fraction of sp³-hybridized carbons (Fsp3) is 0.826. The number of nitrogens with one attached hydrogen (secondary N) is 3. The highest BCUT2D eigenvalue weighted by Crippen LogP contribution is 2.57. The molecule has 7 nitrogen and oxygen atoms in total. The molecule has 31 heavy (non-hydrogen) atoms. The van der Waals surface area contributed by atoms with Crippen molar-refractivity contribution >= 4 is 22.4 Å². The van der Waals surface area contributed by atoms with Crippen molar-refractivity contribution in [3.63, 3.8) is 0 Å². The molecule has 6 atom stereocenters. The third-order valence-corrected chi connectivity index (χ3v) is 9.26. The van der Waals surface area contributed by atoms with Crippen LogP contribution in [0.25, 0.3) is 0 Å². The first-order valence-electron chi connectivity index (χ1n) is 11.9. The molecule has 1 aromatic rings. The van der Waals surface area contributed by atoms with Crippen molar-refractivity contribution < 1.29 is 19.5 Å². The predicted molar refractivity (Wildman–Crippen MR) is 123 cm³/mol. The van der Waals surface area contributed by atoms with Crippen LogP contribution in [0.3, 0.4) is 0 Å². The zero-order chi connectivity index (χ0) is 22.2. The number of hydrogen-bond donors (Lipinski definition) is 4. The van der Waals surface area contributed by atoms with Gasteiger partial charge in [-0.1, -0.05) is 20.8 Å². The summed E-state index contributed by atoms with van der Waals surface area (Å²) in [5, 5.41) is 18.8. The quantitative estimate of drug-likeness (QED) is 0.516. The topological polar surface area (TPSA) is 87.9 Å². The molecule has 0 radical (unpaired) electrons. The summed E-state index contributed by atoms with van der Waals surface area (Å²) in [7, 11) is 1.91. The molecule has 1 saturated heterocycles. The van der Waals surface area contributed by atoms with Gasteiger partial charge in [-0.15, -0.1) is 11.3 Å². The Bertz CT molecular complexity index is 781. The summed E-state index contributed by atoms with van der Waals surface area (Å²) in [5.74, 6) is 0.232. The summed E-state index contributed by atoms with van der Waals surface area (Å²) in [6, 6.07) is 0. The summed E-state index contributed by atoms with van der Waals surface area (Å²) in [6.45, 7) is 11.8. The minimum atomic E-state index is -0.479. The second-order valence-corrected chi connectivity index (χ2v) is 11.2. The van der Waals surface area contributed by atoms with Crippen LogP contribution >= 0.6 is 11.3 Å². The number of hydrogen-bond acceptors (Lipinski definition) is 6.